The summed E-state index contributed by atoms with van der Waals surface area (Å²) in [6.07, 6.45) is 3.90. The minimum Gasteiger partial charge on any atom is -0.441 e. The van der Waals surface area contributed by atoms with E-state index >= 15 is 0 Å². The topological polar surface area (TPSA) is 95.4 Å². The summed E-state index contributed by atoms with van der Waals surface area (Å²) < 4.78 is 38.4. The van der Waals surface area contributed by atoms with E-state index in [1.807, 2.05) is 0 Å². The van der Waals surface area contributed by atoms with Crippen molar-refractivity contribution in [2.24, 2.45) is 5.41 Å². The summed E-state index contributed by atoms with van der Waals surface area (Å²) in [5.74, 6) is 1.05. The lowest BCUT2D eigenvalue weighted by atomic mass is 10.0. The molecule has 0 aliphatic heterocycles. The smallest absolute Gasteiger partial charge is 0.238 e. The van der Waals surface area contributed by atoms with Gasteiger partial charge in [-0.25, -0.2) is 8.42 Å². The molecule has 0 bridgehead atoms. The molecule has 2 aromatic rings. The van der Waals surface area contributed by atoms with Crippen molar-refractivity contribution in [3.63, 3.8) is 0 Å². The lowest BCUT2D eigenvalue weighted by Crippen LogP contribution is -2.12. The third kappa shape index (κ3) is 3.01. The van der Waals surface area contributed by atoms with Crippen molar-refractivity contribution in [2.75, 3.05) is 20.0 Å². The Kier molecular flexibility index (Phi) is 3.37. The minimum absolute atomic E-state index is 0.109. The molecule has 7 nitrogen and oxygen atoms in total. The second-order valence-electron chi connectivity index (χ2n) is 5.51. The van der Waals surface area contributed by atoms with Gasteiger partial charge in [0.2, 0.25) is 26.6 Å². The van der Waals surface area contributed by atoms with Gasteiger partial charge >= 0.3 is 0 Å². The molecule has 0 radical (unpaired) electrons. The van der Waals surface area contributed by atoms with Crippen LogP contribution in [0.25, 0.3) is 11.6 Å². The Labute approximate surface area is 122 Å². The van der Waals surface area contributed by atoms with E-state index < -0.39 is 9.84 Å². The Morgan fingerprint density at radius 3 is 2.71 bits per heavy atom. The van der Waals surface area contributed by atoms with Crippen LogP contribution in [0.2, 0.25) is 0 Å². The fraction of sp³-hybridized carbons (Fsp3) is 0.538. The molecule has 0 amide bonds. The fourth-order valence-corrected chi connectivity index (χ4v) is 2.80. The number of furan rings is 1. The predicted octanol–water partition coefficient (Wildman–Crippen LogP) is 1.70. The van der Waals surface area contributed by atoms with Gasteiger partial charge in [0.1, 0.15) is 0 Å². The Morgan fingerprint density at radius 2 is 2.14 bits per heavy atom. The summed E-state index contributed by atoms with van der Waals surface area (Å²) in [6, 6.07) is 2.90. The molecule has 1 saturated carbocycles. The Balaban J connectivity index is 1.77. The molecule has 0 N–H and O–H groups in total. The average Bonchev–Trinajstić information content (AvgIpc) is 2.84. The normalized spacial score (nSPS) is 17.0. The zero-order valence-electron chi connectivity index (χ0n) is 11.8. The van der Waals surface area contributed by atoms with Crippen molar-refractivity contribution < 1.29 is 22.1 Å². The molecular formula is C13H16N2O5S. The van der Waals surface area contributed by atoms with E-state index in [2.05, 4.69) is 10.1 Å². The Morgan fingerprint density at radius 1 is 1.38 bits per heavy atom. The first-order valence-corrected chi connectivity index (χ1v) is 8.43. The van der Waals surface area contributed by atoms with Crippen LogP contribution in [0.15, 0.2) is 26.2 Å². The van der Waals surface area contributed by atoms with E-state index in [-0.39, 0.29) is 22.1 Å². The number of hydrogen-bond acceptors (Lipinski definition) is 7. The molecule has 0 unspecified atom stereocenters. The van der Waals surface area contributed by atoms with Gasteiger partial charge in [-0.3, -0.25) is 0 Å². The van der Waals surface area contributed by atoms with Gasteiger partial charge in [0.15, 0.2) is 5.76 Å². The largest absolute Gasteiger partial charge is 0.441 e. The first kappa shape index (κ1) is 14.3. The molecule has 3 rings (SSSR count). The molecule has 8 heteroatoms. The number of methoxy groups -OCH3 is 1. The highest BCUT2D eigenvalue weighted by molar-refractivity contribution is 7.90. The van der Waals surface area contributed by atoms with Gasteiger partial charge < -0.3 is 13.7 Å². The Hall–Kier alpha value is -1.67. The number of sulfone groups is 1. The third-order valence-corrected chi connectivity index (χ3v) is 4.52. The SMILES string of the molecule is COCC1(Cc2nc(-c3ccc(S(C)(=O)=O)o3)no2)CC1. The van der Waals surface area contributed by atoms with E-state index in [1.54, 1.807) is 7.11 Å². The standard InChI is InChI=1S/C13H16N2O5S/c1-18-8-13(5-6-13)7-10-14-12(15-20-10)9-3-4-11(19-9)21(2,16)17/h3-4H,5-8H2,1-2H3. The molecule has 0 saturated heterocycles. The van der Waals surface area contributed by atoms with Crippen molar-refractivity contribution in [1.82, 2.24) is 10.1 Å². The molecule has 1 fully saturated rings. The van der Waals surface area contributed by atoms with Gasteiger partial charge in [-0.1, -0.05) is 5.16 Å². The van der Waals surface area contributed by atoms with E-state index in [0.29, 0.717) is 18.9 Å². The second kappa shape index (κ2) is 4.96. The van der Waals surface area contributed by atoms with Crippen LogP contribution in [0, 0.1) is 5.41 Å². The summed E-state index contributed by atoms with van der Waals surface area (Å²) in [6.45, 7) is 0.670. The monoisotopic (exact) mass is 312 g/mol. The first-order chi connectivity index (χ1) is 9.92. The summed E-state index contributed by atoms with van der Waals surface area (Å²) >= 11 is 0. The molecule has 0 spiro atoms. The molecule has 2 heterocycles. The van der Waals surface area contributed by atoms with Crippen molar-refractivity contribution in [3.8, 4) is 11.6 Å². The number of hydrogen-bond donors (Lipinski definition) is 0. The highest BCUT2D eigenvalue weighted by Gasteiger charge is 2.44. The number of aromatic nitrogens is 2. The molecular weight excluding hydrogens is 296 g/mol. The molecule has 0 aromatic carbocycles. The lowest BCUT2D eigenvalue weighted by molar-refractivity contribution is 0.135. The van der Waals surface area contributed by atoms with Crippen LogP contribution in [0.4, 0.5) is 0 Å². The average molecular weight is 312 g/mol. The van der Waals surface area contributed by atoms with Gasteiger partial charge in [0.05, 0.1) is 6.61 Å². The van der Waals surface area contributed by atoms with Gasteiger partial charge in [-0.2, -0.15) is 4.98 Å². The van der Waals surface area contributed by atoms with Crippen LogP contribution in [-0.2, 0) is 21.0 Å². The maximum atomic E-state index is 11.4. The molecule has 2 aromatic heterocycles. The van der Waals surface area contributed by atoms with Crippen molar-refractivity contribution in [1.29, 1.82) is 0 Å². The second-order valence-corrected chi connectivity index (χ2v) is 7.46. The molecule has 21 heavy (non-hydrogen) atoms. The summed E-state index contributed by atoms with van der Waals surface area (Å²) in [4.78, 5) is 4.26. The Bertz CT molecular complexity index is 742. The third-order valence-electron chi connectivity index (χ3n) is 3.57. The summed E-state index contributed by atoms with van der Waals surface area (Å²) in [5.41, 5.74) is 0.111. The molecule has 1 aliphatic rings. The quantitative estimate of drug-likeness (QED) is 0.801. The van der Waals surface area contributed by atoms with Gasteiger partial charge in [-0.15, -0.1) is 0 Å². The highest BCUT2D eigenvalue weighted by Crippen LogP contribution is 2.48. The predicted molar refractivity (Wildman–Crippen MR) is 72.4 cm³/mol. The highest BCUT2D eigenvalue weighted by atomic mass is 32.2. The van der Waals surface area contributed by atoms with Crippen LogP contribution in [0.1, 0.15) is 18.7 Å². The molecule has 1 aliphatic carbocycles. The van der Waals surface area contributed by atoms with Crippen LogP contribution >= 0.6 is 0 Å². The van der Waals surface area contributed by atoms with E-state index in [1.165, 1.54) is 12.1 Å². The lowest BCUT2D eigenvalue weighted by Gasteiger charge is -2.09. The van der Waals surface area contributed by atoms with Gasteiger partial charge in [0.25, 0.3) is 0 Å². The maximum Gasteiger partial charge on any atom is 0.238 e. The van der Waals surface area contributed by atoms with Crippen LogP contribution in [-0.4, -0.2) is 38.5 Å². The maximum absolute atomic E-state index is 11.4. The zero-order valence-corrected chi connectivity index (χ0v) is 12.6. The van der Waals surface area contributed by atoms with E-state index in [4.69, 9.17) is 13.7 Å². The molecule has 114 valence electrons. The van der Waals surface area contributed by atoms with Crippen LogP contribution in [0.3, 0.4) is 0 Å². The fourth-order valence-electron chi connectivity index (χ4n) is 2.24. The van der Waals surface area contributed by atoms with Crippen LogP contribution < -0.4 is 0 Å². The number of rotatable bonds is 6. The summed E-state index contributed by atoms with van der Waals surface area (Å²) in [5, 5.41) is 3.73. The van der Waals surface area contributed by atoms with E-state index in [9.17, 15) is 8.42 Å². The first-order valence-electron chi connectivity index (χ1n) is 6.54. The minimum atomic E-state index is -3.38. The van der Waals surface area contributed by atoms with Crippen molar-refractivity contribution >= 4 is 9.84 Å². The number of nitrogens with zero attached hydrogens (tertiary/aromatic N) is 2. The van der Waals surface area contributed by atoms with Crippen molar-refractivity contribution in [3.05, 3.63) is 18.0 Å². The summed E-state index contributed by atoms with van der Waals surface area (Å²) in [7, 11) is -1.70. The zero-order chi connectivity index (χ0) is 15.1. The van der Waals surface area contributed by atoms with Gasteiger partial charge in [-0.05, 0) is 25.0 Å². The molecule has 0 atom stereocenters. The van der Waals surface area contributed by atoms with Crippen molar-refractivity contribution in [2.45, 2.75) is 24.4 Å². The van der Waals surface area contributed by atoms with E-state index in [0.717, 1.165) is 19.1 Å². The van der Waals surface area contributed by atoms with Gasteiger partial charge in [0, 0.05) is 25.2 Å². The van der Waals surface area contributed by atoms with Crippen LogP contribution in [0.5, 0.6) is 0 Å². The number of ether oxygens (including phenoxy) is 1.